The molecular weight excluding hydrogens is 494 g/mol. The van der Waals surface area contributed by atoms with E-state index in [0.717, 1.165) is 11.4 Å². The third kappa shape index (κ3) is 4.95. The van der Waals surface area contributed by atoms with E-state index in [1.807, 2.05) is 27.6 Å². The van der Waals surface area contributed by atoms with Gasteiger partial charge in [-0.05, 0) is 19.0 Å². The normalized spacial score (nSPS) is 15.9. The van der Waals surface area contributed by atoms with E-state index in [4.69, 9.17) is 11.3 Å². The summed E-state index contributed by atoms with van der Waals surface area (Å²) in [6.07, 6.45) is 7.02. The van der Waals surface area contributed by atoms with Crippen LogP contribution in [0.5, 0.6) is 0 Å². The minimum Gasteiger partial charge on any atom is -0.361 e. The second kappa shape index (κ2) is 9.79. The molecule has 0 aromatic carbocycles. The smallest absolute Gasteiger partial charge is 0.213 e. The molecule has 0 radical (unpaired) electrons. The molecule has 0 spiro atoms. The van der Waals surface area contributed by atoms with E-state index in [9.17, 15) is 13.7 Å². The van der Waals surface area contributed by atoms with Gasteiger partial charge >= 0.3 is 0 Å². The van der Waals surface area contributed by atoms with Gasteiger partial charge in [-0.25, -0.2) is 23.2 Å². The number of hydrogen-bond donors (Lipinski definition) is 0. The van der Waals surface area contributed by atoms with E-state index in [-0.39, 0.29) is 25.3 Å². The Bertz CT molecular complexity index is 1450. The number of ether oxygens (including phenoxy) is 1. The minimum atomic E-state index is -3.35. The van der Waals surface area contributed by atoms with Crippen LogP contribution in [0, 0.1) is 17.9 Å². The van der Waals surface area contributed by atoms with Crippen LogP contribution in [0.3, 0.4) is 0 Å². The summed E-state index contributed by atoms with van der Waals surface area (Å²) in [5, 5.41) is 10.3. The molecule has 1 aliphatic heterocycles. The average molecular weight is 526 g/mol. The average Bonchev–Trinajstić information content (AvgIpc) is 3.42. The lowest BCUT2D eigenvalue weighted by molar-refractivity contribution is 0.0852. The van der Waals surface area contributed by atoms with Gasteiger partial charge in [-0.2, -0.15) is 9.57 Å². The van der Waals surface area contributed by atoms with Crippen LogP contribution in [0.15, 0.2) is 31.0 Å². The van der Waals surface area contributed by atoms with Crippen molar-refractivity contribution in [3.63, 3.8) is 0 Å². The van der Waals surface area contributed by atoms with Gasteiger partial charge in [-0.3, -0.25) is 0 Å². The van der Waals surface area contributed by atoms with Crippen LogP contribution in [0.1, 0.15) is 13.3 Å². The molecule has 0 bridgehead atoms. The first kappa shape index (κ1) is 26.0. The first-order valence-corrected chi connectivity index (χ1v) is 17.2. The van der Waals surface area contributed by atoms with Crippen molar-refractivity contribution >= 4 is 34.8 Å². The van der Waals surface area contributed by atoms with Crippen LogP contribution >= 0.6 is 0 Å². The zero-order valence-electron chi connectivity index (χ0n) is 21.1. The van der Waals surface area contributed by atoms with Crippen LogP contribution in [0.4, 0.5) is 5.69 Å². The molecule has 0 amide bonds. The summed E-state index contributed by atoms with van der Waals surface area (Å²) >= 11 is 0. The molecular formula is C24H31N7O3SSi. The maximum absolute atomic E-state index is 12.3. The lowest BCUT2D eigenvalue weighted by atomic mass is 9.89. The van der Waals surface area contributed by atoms with Crippen molar-refractivity contribution in [2.45, 2.75) is 51.3 Å². The van der Waals surface area contributed by atoms with Gasteiger partial charge in [0.05, 0.1) is 36.0 Å². The molecule has 0 unspecified atom stereocenters. The van der Waals surface area contributed by atoms with Gasteiger partial charge in [0.2, 0.25) is 15.7 Å². The van der Waals surface area contributed by atoms with E-state index < -0.39 is 23.6 Å². The topological polar surface area (TPSA) is 110 Å². The summed E-state index contributed by atoms with van der Waals surface area (Å²) in [5.41, 5.74) is 1.64. The van der Waals surface area contributed by atoms with Crippen LogP contribution in [-0.4, -0.2) is 65.3 Å². The van der Waals surface area contributed by atoms with Crippen LogP contribution in [0.25, 0.3) is 27.1 Å². The zero-order valence-corrected chi connectivity index (χ0v) is 22.9. The largest absolute Gasteiger partial charge is 0.361 e. The highest BCUT2D eigenvalue weighted by Gasteiger charge is 2.49. The third-order valence-corrected chi connectivity index (χ3v) is 10.1. The highest BCUT2D eigenvalue weighted by Crippen LogP contribution is 2.41. The Kier molecular flexibility index (Phi) is 7.08. The fraction of sp³-hybridized carbons (Fsp3) is 0.500. The fourth-order valence-corrected chi connectivity index (χ4v) is 6.35. The van der Waals surface area contributed by atoms with Crippen LogP contribution in [0.2, 0.25) is 25.7 Å². The summed E-state index contributed by atoms with van der Waals surface area (Å²) in [6, 6.07) is 5.19. The number of sulfonamides is 1. The lowest BCUT2D eigenvalue weighted by Gasteiger charge is -2.49. The molecule has 4 rings (SSSR count). The summed E-state index contributed by atoms with van der Waals surface area (Å²) in [5.74, 6) is 0.0115. The van der Waals surface area contributed by atoms with E-state index in [1.54, 1.807) is 13.1 Å². The van der Waals surface area contributed by atoms with Crippen molar-refractivity contribution in [3.8, 4) is 17.3 Å². The molecule has 12 heteroatoms. The predicted octanol–water partition coefficient (Wildman–Crippen LogP) is 4.04. The van der Waals surface area contributed by atoms with Crippen LogP contribution in [-0.2, 0) is 27.0 Å². The van der Waals surface area contributed by atoms with Gasteiger partial charge in [0.15, 0.2) is 0 Å². The van der Waals surface area contributed by atoms with E-state index in [2.05, 4.69) is 40.5 Å². The molecule has 10 nitrogen and oxygen atoms in total. The molecule has 1 aliphatic rings. The van der Waals surface area contributed by atoms with Gasteiger partial charge < -0.3 is 13.9 Å². The Labute approximate surface area is 213 Å². The number of nitrogens with zero attached hydrogens (tertiary/aromatic N) is 7. The lowest BCUT2D eigenvalue weighted by Crippen LogP contribution is -2.63. The summed E-state index contributed by atoms with van der Waals surface area (Å²) in [4.78, 5) is 12.6. The molecule has 4 heterocycles. The monoisotopic (exact) mass is 525 g/mol. The Morgan fingerprint density at radius 3 is 2.67 bits per heavy atom. The van der Waals surface area contributed by atoms with Crippen LogP contribution < -0.4 is 0 Å². The third-order valence-electron chi connectivity index (χ3n) is 6.62. The number of hydrogen-bond acceptors (Lipinski definition) is 6. The molecule has 36 heavy (non-hydrogen) atoms. The summed E-state index contributed by atoms with van der Waals surface area (Å²) in [6.45, 7) is 17.8. The van der Waals surface area contributed by atoms with Gasteiger partial charge in [-0.1, -0.05) is 19.6 Å². The maximum atomic E-state index is 12.3. The Hall–Kier alpha value is -3.03. The highest BCUT2D eigenvalue weighted by molar-refractivity contribution is 7.89. The second-order valence-corrected chi connectivity index (χ2v) is 18.3. The molecule has 0 saturated carbocycles. The van der Waals surface area contributed by atoms with E-state index in [1.165, 1.54) is 10.6 Å². The minimum absolute atomic E-state index is 0.0115. The van der Waals surface area contributed by atoms with Crippen molar-refractivity contribution in [1.82, 2.24) is 23.4 Å². The van der Waals surface area contributed by atoms with Crippen molar-refractivity contribution in [2.75, 3.05) is 25.4 Å². The molecule has 3 aromatic heterocycles. The van der Waals surface area contributed by atoms with Crippen molar-refractivity contribution < 1.29 is 13.2 Å². The SMILES string of the molecule is [C-]#[N+]c1cn(C2(CC#N)CN(S(=O)(=O)CC)C2)cc1-c1ncnc2c1ccn2COCC[Si](C)(C)C. The van der Waals surface area contributed by atoms with Crippen molar-refractivity contribution in [2.24, 2.45) is 0 Å². The van der Waals surface area contributed by atoms with Gasteiger partial charge in [-0.15, -0.1) is 0 Å². The number of aromatic nitrogens is 4. The molecule has 190 valence electrons. The van der Waals surface area contributed by atoms with E-state index >= 15 is 0 Å². The molecule has 3 aromatic rings. The molecule has 0 aliphatic carbocycles. The Morgan fingerprint density at radius 1 is 1.28 bits per heavy atom. The predicted molar refractivity (Wildman–Crippen MR) is 141 cm³/mol. The van der Waals surface area contributed by atoms with Gasteiger partial charge in [0.1, 0.15) is 18.7 Å². The number of nitriles is 1. The highest BCUT2D eigenvalue weighted by atomic mass is 32.2. The standard InChI is InChI=1S/C24H31N7O3SSi/c1-6-35(32,33)31-15-24(16-31,8-9-25)30-13-20(21(14-30)26-2)22-19-7-10-29(23(19)28-17-27-22)18-34-11-12-36(3,4)5/h7,10,13-14,17H,6,8,11-12,15-16,18H2,1,3-5H3. The van der Waals surface area contributed by atoms with Crippen molar-refractivity contribution in [1.29, 1.82) is 5.26 Å². The molecule has 0 N–H and O–H groups in total. The fourth-order valence-electron chi connectivity index (χ4n) is 4.36. The maximum Gasteiger partial charge on any atom is 0.213 e. The summed E-state index contributed by atoms with van der Waals surface area (Å²) < 4.78 is 35.7. The summed E-state index contributed by atoms with van der Waals surface area (Å²) in [7, 11) is -4.53. The quantitative estimate of drug-likeness (QED) is 0.224. The van der Waals surface area contributed by atoms with E-state index in [0.29, 0.717) is 35.9 Å². The van der Waals surface area contributed by atoms with Crippen molar-refractivity contribution in [3.05, 3.63) is 42.4 Å². The number of rotatable bonds is 10. The molecule has 0 atom stereocenters. The second-order valence-electron chi connectivity index (χ2n) is 10.4. The molecule has 1 fully saturated rings. The zero-order chi connectivity index (χ0) is 26.1. The van der Waals surface area contributed by atoms with Gasteiger partial charge in [0, 0.05) is 57.3 Å². The first-order valence-electron chi connectivity index (χ1n) is 11.9. The Morgan fingerprint density at radius 2 is 2.03 bits per heavy atom. The first-order chi connectivity index (χ1) is 17.0. The van der Waals surface area contributed by atoms with Gasteiger partial charge in [0.25, 0.3) is 0 Å². The molecule has 1 saturated heterocycles. The Balaban J connectivity index is 1.65. The number of fused-ring (bicyclic) bond motifs is 1.